The van der Waals surface area contributed by atoms with Gasteiger partial charge in [0.1, 0.15) is 12.0 Å². The normalized spacial score (nSPS) is 12.6. The number of hydrogen-bond donors (Lipinski definition) is 3. The fourth-order valence-corrected chi connectivity index (χ4v) is 1.23. The molecular formula is C11H21N5. The largest absolute Gasteiger partial charge is 0.393 e. The zero-order valence-corrected chi connectivity index (χ0v) is 10.4. The number of anilines is 3. The van der Waals surface area contributed by atoms with Crippen LogP contribution in [0.25, 0.3) is 0 Å². The Morgan fingerprint density at radius 3 is 2.25 bits per heavy atom. The van der Waals surface area contributed by atoms with Gasteiger partial charge in [0, 0.05) is 12.1 Å². The molecule has 0 saturated carbocycles. The zero-order valence-electron chi connectivity index (χ0n) is 10.4. The van der Waals surface area contributed by atoms with Crippen LogP contribution in [-0.2, 0) is 0 Å². The van der Waals surface area contributed by atoms with Gasteiger partial charge in [-0.25, -0.2) is 9.97 Å². The molecule has 1 heterocycles. The van der Waals surface area contributed by atoms with Crippen LogP contribution in [0.4, 0.5) is 17.3 Å². The van der Waals surface area contributed by atoms with Crippen molar-refractivity contribution in [1.29, 1.82) is 0 Å². The number of nitrogens with zero attached hydrogens (tertiary/aromatic N) is 2. The number of rotatable bonds is 5. The molecule has 0 aliphatic rings. The van der Waals surface area contributed by atoms with Gasteiger partial charge in [0.25, 0.3) is 0 Å². The highest BCUT2D eigenvalue weighted by molar-refractivity contribution is 5.74. The first-order chi connectivity index (χ1) is 7.54. The Bertz CT molecular complexity index is 337. The van der Waals surface area contributed by atoms with Gasteiger partial charge in [-0.05, 0) is 27.2 Å². The van der Waals surface area contributed by atoms with E-state index in [0.717, 1.165) is 6.42 Å². The fraction of sp³-hybridized carbons (Fsp3) is 0.636. The molecule has 0 bridgehead atoms. The summed E-state index contributed by atoms with van der Waals surface area (Å²) >= 11 is 0. The second-order valence-electron chi connectivity index (χ2n) is 4.24. The monoisotopic (exact) mass is 223 g/mol. The fourth-order valence-electron chi connectivity index (χ4n) is 1.23. The molecule has 0 aromatic carbocycles. The lowest BCUT2D eigenvalue weighted by molar-refractivity contribution is 0.759. The molecule has 1 aromatic rings. The predicted octanol–water partition coefficient (Wildman–Crippen LogP) is 2.09. The van der Waals surface area contributed by atoms with Gasteiger partial charge in [0.05, 0.1) is 0 Å². The quantitative estimate of drug-likeness (QED) is 0.712. The highest BCUT2D eigenvalue weighted by Crippen LogP contribution is 2.23. The topological polar surface area (TPSA) is 75.9 Å². The Labute approximate surface area is 96.9 Å². The summed E-state index contributed by atoms with van der Waals surface area (Å²) in [5, 5.41) is 6.45. The second-order valence-corrected chi connectivity index (χ2v) is 4.24. The van der Waals surface area contributed by atoms with Crippen molar-refractivity contribution in [1.82, 2.24) is 9.97 Å². The molecule has 0 spiro atoms. The van der Waals surface area contributed by atoms with Crippen LogP contribution in [0, 0.1) is 0 Å². The lowest BCUT2D eigenvalue weighted by Gasteiger charge is -2.16. The molecule has 5 nitrogen and oxygen atoms in total. The lowest BCUT2D eigenvalue weighted by Crippen LogP contribution is -2.18. The molecule has 0 fully saturated rings. The zero-order chi connectivity index (χ0) is 12.1. The Balaban J connectivity index is 2.86. The summed E-state index contributed by atoms with van der Waals surface area (Å²) in [4.78, 5) is 8.27. The van der Waals surface area contributed by atoms with E-state index in [1.807, 2.05) is 13.8 Å². The third kappa shape index (κ3) is 3.25. The average molecular weight is 223 g/mol. The van der Waals surface area contributed by atoms with E-state index in [-0.39, 0.29) is 0 Å². The van der Waals surface area contributed by atoms with Crippen molar-refractivity contribution in [2.24, 2.45) is 0 Å². The summed E-state index contributed by atoms with van der Waals surface area (Å²) in [5.41, 5.74) is 6.56. The maximum Gasteiger partial charge on any atom is 0.155 e. The van der Waals surface area contributed by atoms with Gasteiger partial charge in [-0.2, -0.15) is 0 Å². The van der Waals surface area contributed by atoms with Crippen LogP contribution in [0.2, 0.25) is 0 Å². The maximum atomic E-state index is 5.98. The van der Waals surface area contributed by atoms with Gasteiger partial charge < -0.3 is 16.4 Å². The van der Waals surface area contributed by atoms with Crippen molar-refractivity contribution in [2.75, 3.05) is 16.4 Å². The van der Waals surface area contributed by atoms with Crippen LogP contribution in [0.3, 0.4) is 0 Å². The van der Waals surface area contributed by atoms with Crippen LogP contribution >= 0.6 is 0 Å². The van der Waals surface area contributed by atoms with Crippen molar-refractivity contribution in [3.63, 3.8) is 0 Å². The molecule has 1 rings (SSSR count). The van der Waals surface area contributed by atoms with Crippen LogP contribution in [0.15, 0.2) is 6.33 Å². The van der Waals surface area contributed by atoms with Crippen LogP contribution < -0.4 is 16.4 Å². The molecule has 1 aromatic heterocycles. The highest BCUT2D eigenvalue weighted by atomic mass is 15.1. The van der Waals surface area contributed by atoms with Crippen LogP contribution in [-0.4, -0.2) is 22.1 Å². The Hall–Kier alpha value is -1.52. The minimum Gasteiger partial charge on any atom is -0.393 e. The Morgan fingerprint density at radius 2 is 1.75 bits per heavy atom. The molecule has 0 saturated heterocycles. The van der Waals surface area contributed by atoms with E-state index in [4.69, 9.17) is 5.73 Å². The van der Waals surface area contributed by atoms with E-state index in [9.17, 15) is 0 Å². The van der Waals surface area contributed by atoms with Gasteiger partial charge in [-0.3, -0.25) is 0 Å². The molecule has 16 heavy (non-hydrogen) atoms. The third-order valence-electron chi connectivity index (χ3n) is 2.30. The van der Waals surface area contributed by atoms with Crippen molar-refractivity contribution in [3.8, 4) is 0 Å². The predicted molar refractivity (Wildman–Crippen MR) is 68.6 cm³/mol. The smallest absolute Gasteiger partial charge is 0.155 e. The van der Waals surface area contributed by atoms with Gasteiger partial charge in [0.2, 0.25) is 0 Å². The van der Waals surface area contributed by atoms with E-state index in [1.165, 1.54) is 6.33 Å². The average Bonchev–Trinajstić information content (AvgIpc) is 2.23. The molecule has 4 N–H and O–H groups in total. The second kappa shape index (κ2) is 5.53. The summed E-state index contributed by atoms with van der Waals surface area (Å²) in [6, 6.07) is 0.651. The Kier molecular flexibility index (Phi) is 4.34. The van der Waals surface area contributed by atoms with Crippen molar-refractivity contribution in [3.05, 3.63) is 6.33 Å². The first-order valence-corrected chi connectivity index (χ1v) is 5.68. The summed E-state index contributed by atoms with van der Waals surface area (Å²) in [6.45, 7) is 8.30. The summed E-state index contributed by atoms with van der Waals surface area (Å²) in [6.07, 6.45) is 2.54. The number of nitrogens with one attached hydrogen (secondary N) is 2. The SMILES string of the molecule is CCC(C)Nc1ncnc(NC(C)C)c1N. The molecule has 1 unspecified atom stereocenters. The number of nitrogen functional groups attached to an aromatic ring is 1. The third-order valence-corrected chi connectivity index (χ3v) is 2.30. The van der Waals surface area contributed by atoms with Crippen LogP contribution in [0.1, 0.15) is 34.1 Å². The molecule has 90 valence electrons. The molecule has 1 atom stereocenters. The van der Waals surface area contributed by atoms with E-state index < -0.39 is 0 Å². The van der Waals surface area contributed by atoms with E-state index in [1.54, 1.807) is 0 Å². The van der Waals surface area contributed by atoms with Crippen LogP contribution in [0.5, 0.6) is 0 Å². The molecule has 5 heteroatoms. The Morgan fingerprint density at radius 1 is 1.19 bits per heavy atom. The lowest BCUT2D eigenvalue weighted by atomic mass is 10.2. The van der Waals surface area contributed by atoms with Crippen molar-refractivity contribution >= 4 is 17.3 Å². The van der Waals surface area contributed by atoms with Gasteiger partial charge >= 0.3 is 0 Å². The number of aromatic nitrogens is 2. The summed E-state index contributed by atoms with van der Waals surface area (Å²) in [7, 11) is 0. The summed E-state index contributed by atoms with van der Waals surface area (Å²) < 4.78 is 0. The molecule has 0 radical (unpaired) electrons. The standard InChI is InChI=1S/C11H21N5/c1-5-8(4)16-11-9(12)10(13-6-14-11)15-7(2)3/h6-8H,5,12H2,1-4H3,(H2,13,14,15,16). The van der Waals surface area contributed by atoms with Gasteiger partial charge in [-0.1, -0.05) is 6.92 Å². The molecular weight excluding hydrogens is 202 g/mol. The molecule has 0 aliphatic carbocycles. The molecule has 0 amide bonds. The van der Waals surface area contributed by atoms with E-state index in [0.29, 0.717) is 29.4 Å². The minimum absolute atomic E-state index is 0.300. The highest BCUT2D eigenvalue weighted by Gasteiger charge is 2.10. The first-order valence-electron chi connectivity index (χ1n) is 5.68. The molecule has 0 aliphatic heterocycles. The minimum atomic E-state index is 0.300. The summed E-state index contributed by atoms with van der Waals surface area (Å²) in [5.74, 6) is 1.39. The first kappa shape index (κ1) is 12.5. The van der Waals surface area contributed by atoms with E-state index in [2.05, 4.69) is 34.4 Å². The van der Waals surface area contributed by atoms with Crippen molar-refractivity contribution in [2.45, 2.75) is 46.2 Å². The van der Waals surface area contributed by atoms with E-state index >= 15 is 0 Å². The number of hydrogen-bond acceptors (Lipinski definition) is 5. The van der Waals surface area contributed by atoms with Gasteiger partial charge in [-0.15, -0.1) is 0 Å². The van der Waals surface area contributed by atoms with Crippen molar-refractivity contribution < 1.29 is 0 Å². The maximum absolute atomic E-state index is 5.98. The number of nitrogens with two attached hydrogens (primary N) is 1. The van der Waals surface area contributed by atoms with Gasteiger partial charge in [0.15, 0.2) is 11.6 Å².